The first-order chi connectivity index (χ1) is 5.53. The van der Waals surface area contributed by atoms with Crippen LogP contribution < -0.4 is 5.73 Å². The van der Waals surface area contributed by atoms with Crippen LogP contribution in [0.1, 0.15) is 33.6 Å². The minimum Gasteiger partial charge on any atom is -0.324 e. The molecule has 0 aliphatic heterocycles. The molecule has 1 heteroatoms. The third-order valence-electron chi connectivity index (χ3n) is 4.04. The fourth-order valence-electron chi connectivity index (χ4n) is 2.91. The minimum absolute atomic E-state index is 0.274. The summed E-state index contributed by atoms with van der Waals surface area (Å²) in [5.74, 6) is 1.72. The van der Waals surface area contributed by atoms with Gasteiger partial charge in [0.25, 0.3) is 0 Å². The highest BCUT2D eigenvalue weighted by molar-refractivity contribution is 5.26. The van der Waals surface area contributed by atoms with E-state index in [0.29, 0.717) is 5.41 Å². The Hall–Kier alpha value is -0.300. The summed E-state index contributed by atoms with van der Waals surface area (Å²) in [6.45, 7) is 6.89. The summed E-state index contributed by atoms with van der Waals surface area (Å²) in [6.07, 6.45) is 5.04. The highest BCUT2D eigenvalue weighted by atomic mass is 14.7. The molecule has 1 fully saturated rings. The average molecular weight is 165 g/mol. The van der Waals surface area contributed by atoms with Gasteiger partial charge in [-0.05, 0) is 37.0 Å². The van der Waals surface area contributed by atoms with E-state index >= 15 is 0 Å². The van der Waals surface area contributed by atoms with Crippen molar-refractivity contribution < 1.29 is 0 Å². The van der Waals surface area contributed by atoms with E-state index in [1.807, 2.05) is 0 Å². The predicted molar refractivity (Wildman–Crippen MR) is 51.7 cm³/mol. The first kappa shape index (κ1) is 8.31. The monoisotopic (exact) mass is 165 g/mol. The van der Waals surface area contributed by atoms with Crippen LogP contribution in [0.5, 0.6) is 0 Å². The molecule has 3 aliphatic carbocycles. The molecule has 0 heterocycles. The molecule has 3 unspecified atom stereocenters. The van der Waals surface area contributed by atoms with Gasteiger partial charge in [0.2, 0.25) is 0 Å². The lowest BCUT2D eigenvalue weighted by molar-refractivity contribution is -0.00923. The number of hydrogen-bond acceptors (Lipinski definition) is 1. The predicted octanol–water partition coefficient (Wildman–Crippen LogP) is 2.33. The van der Waals surface area contributed by atoms with Crippen molar-refractivity contribution >= 4 is 0 Å². The first-order valence-electron chi connectivity index (χ1n) is 4.99. The van der Waals surface area contributed by atoms with Crippen LogP contribution in [0.3, 0.4) is 0 Å². The zero-order valence-electron chi connectivity index (χ0n) is 8.30. The zero-order valence-corrected chi connectivity index (χ0v) is 8.30. The van der Waals surface area contributed by atoms with Crippen molar-refractivity contribution in [3.63, 3.8) is 0 Å². The molecule has 2 N–H and O–H groups in total. The van der Waals surface area contributed by atoms with E-state index in [1.165, 1.54) is 18.4 Å². The Balaban J connectivity index is 2.24. The Morgan fingerprint density at radius 2 is 2.25 bits per heavy atom. The Labute approximate surface area is 75.0 Å². The van der Waals surface area contributed by atoms with Crippen LogP contribution in [0.25, 0.3) is 0 Å². The Bertz CT molecular complexity index is 225. The zero-order chi connectivity index (χ0) is 8.93. The van der Waals surface area contributed by atoms with Gasteiger partial charge in [-0.1, -0.05) is 25.5 Å². The third kappa shape index (κ3) is 0.891. The van der Waals surface area contributed by atoms with Crippen LogP contribution in [-0.4, -0.2) is 6.04 Å². The van der Waals surface area contributed by atoms with E-state index in [-0.39, 0.29) is 6.04 Å². The summed E-state index contributed by atoms with van der Waals surface area (Å²) < 4.78 is 0. The summed E-state index contributed by atoms with van der Waals surface area (Å²) in [5.41, 5.74) is 7.99. The van der Waals surface area contributed by atoms with Crippen molar-refractivity contribution in [2.24, 2.45) is 23.0 Å². The van der Waals surface area contributed by atoms with Crippen molar-refractivity contribution in [1.29, 1.82) is 0 Å². The molecule has 2 bridgehead atoms. The number of allylic oxidation sites excluding steroid dienone is 1. The van der Waals surface area contributed by atoms with Gasteiger partial charge in [0.05, 0.1) is 0 Å². The second-order valence-electron chi connectivity index (χ2n) is 5.04. The third-order valence-corrected chi connectivity index (χ3v) is 4.04. The Kier molecular flexibility index (Phi) is 1.63. The van der Waals surface area contributed by atoms with E-state index in [4.69, 9.17) is 5.73 Å². The van der Waals surface area contributed by atoms with Gasteiger partial charge in [-0.25, -0.2) is 0 Å². The summed E-state index contributed by atoms with van der Waals surface area (Å²) in [6, 6.07) is 0.274. The fourth-order valence-corrected chi connectivity index (χ4v) is 2.91. The van der Waals surface area contributed by atoms with E-state index in [1.54, 1.807) is 0 Å². The fraction of sp³-hybridized carbons (Fsp3) is 0.818. The standard InChI is InChI=1S/C11H19N/c1-7(12)9-5-4-8-6-10(9)11(8,2)3/h5,7-8,10H,4,6,12H2,1-3H3. The molecule has 12 heavy (non-hydrogen) atoms. The summed E-state index contributed by atoms with van der Waals surface area (Å²) >= 11 is 0. The quantitative estimate of drug-likeness (QED) is 0.593. The van der Waals surface area contributed by atoms with Crippen LogP contribution in [0, 0.1) is 17.3 Å². The molecule has 3 atom stereocenters. The molecule has 0 amide bonds. The van der Waals surface area contributed by atoms with E-state index in [9.17, 15) is 0 Å². The molecule has 0 aromatic heterocycles. The SMILES string of the molecule is CC(N)C1=CCC2CC1C2(C)C. The van der Waals surface area contributed by atoms with Crippen LogP contribution in [0.2, 0.25) is 0 Å². The normalized spacial score (nSPS) is 39.8. The van der Waals surface area contributed by atoms with Crippen LogP contribution >= 0.6 is 0 Å². The van der Waals surface area contributed by atoms with Gasteiger partial charge >= 0.3 is 0 Å². The van der Waals surface area contributed by atoms with Gasteiger partial charge in [-0.15, -0.1) is 0 Å². The highest BCUT2D eigenvalue weighted by Gasteiger charge is 2.51. The van der Waals surface area contributed by atoms with E-state index in [0.717, 1.165) is 11.8 Å². The van der Waals surface area contributed by atoms with Crippen LogP contribution in [0.4, 0.5) is 0 Å². The molecule has 0 aromatic carbocycles. The second-order valence-corrected chi connectivity index (χ2v) is 5.04. The minimum atomic E-state index is 0.274. The maximum Gasteiger partial charge on any atom is 0.0227 e. The van der Waals surface area contributed by atoms with Crippen molar-refractivity contribution in [2.45, 2.75) is 39.7 Å². The molecule has 3 rings (SSSR count). The number of rotatable bonds is 1. The molecular weight excluding hydrogens is 146 g/mol. The van der Waals surface area contributed by atoms with Crippen molar-refractivity contribution in [3.05, 3.63) is 11.6 Å². The molecule has 3 aliphatic rings. The molecule has 1 saturated carbocycles. The molecule has 0 radical (unpaired) electrons. The molecule has 0 spiro atoms. The maximum atomic E-state index is 5.94. The van der Waals surface area contributed by atoms with Crippen molar-refractivity contribution in [3.8, 4) is 0 Å². The molecule has 68 valence electrons. The number of fused-ring (bicyclic) bond motifs is 1. The van der Waals surface area contributed by atoms with Gasteiger partial charge in [0.1, 0.15) is 0 Å². The smallest absolute Gasteiger partial charge is 0.0227 e. The molecule has 0 aromatic rings. The van der Waals surface area contributed by atoms with Crippen LogP contribution in [0.15, 0.2) is 11.6 Å². The van der Waals surface area contributed by atoms with Crippen LogP contribution in [-0.2, 0) is 0 Å². The Morgan fingerprint density at radius 3 is 2.58 bits per heavy atom. The average Bonchev–Trinajstić information content (AvgIpc) is 2.04. The van der Waals surface area contributed by atoms with Gasteiger partial charge in [-0.3, -0.25) is 0 Å². The highest BCUT2D eigenvalue weighted by Crippen LogP contribution is 2.59. The summed E-state index contributed by atoms with van der Waals surface area (Å²) in [7, 11) is 0. The molecule has 0 saturated heterocycles. The van der Waals surface area contributed by atoms with E-state index < -0.39 is 0 Å². The topological polar surface area (TPSA) is 26.0 Å². The Morgan fingerprint density at radius 1 is 1.58 bits per heavy atom. The molecule has 1 nitrogen and oxygen atoms in total. The number of nitrogens with two attached hydrogens (primary N) is 1. The second kappa shape index (κ2) is 2.35. The lowest BCUT2D eigenvalue weighted by atomic mass is 9.48. The summed E-state index contributed by atoms with van der Waals surface area (Å²) in [5, 5.41) is 0. The van der Waals surface area contributed by atoms with Gasteiger partial charge < -0.3 is 5.73 Å². The van der Waals surface area contributed by atoms with Gasteiger partial charge in [-0.2, -0.15) is 0 Å². The first-order valence-corrected chi connectivity index (χ1v) is 4.99. The maximum absolute atomic E-state index is 5.94. The van der Waals surface area contributed by atoms with Gasteiger partial charge in [0.15, 0.2) is 0 Å². The summed E-state index contributed by atoms with van der Waals surface area (Å²) in [4.78, 5) is 0. The van der Waals surface area contributed by atoms with Crippen molar-refractivity contribution in [1.82, 2.24) is 0 Å². The largest absolute Gasteiger partial charge is 0.324 e. The van der Waals surface area contributed by atoms with E-state index in [2.05, 4.69) is 26.8 Å². The lowest BCUT2D eigenvalue weighted by Gasteiger charge is -2.57. The van der Waals surface area contributed by atoms with Crippen molar-refractivity contribution in [2.75, 3.05) is 0 Å². The molecular formula is C11H19N. The van der Waals surface area contributed by atoms with Gasteiger partial charge in [0, 0.05) is 6.04 Å². The lowest BCUT2D eigenvalue weighted by Crippen LogP contribution is -2.50. The number of hydrogen-bond donors (Lipinski definition) is 1.